The highest BCUT2D eigenvalue weighted by Gasteiger charge is 2.38. The average Bonchev–Trinajstić information content (AvgIpc) is 3.53. The first kappa shape index (κ1) is 26.6. The van der Waals surface area contributed by atoms with Gasteiger partial charge >= 0.3 is 6.18 Å². The Kier molecular flexibility index (Phi) is 6.73. The molecule has 0 amide bonds. The molecule has 0 radical (unpaired) electrons. The number of halogens is 3. The zero-order valence-corrected chi connectivity index (χ0v) is 22.5. The highest BCUT2D eigenvalue weighted by Crippen LogP contribution is 2.40. The minimum absolute atomic E-state index is 0.00813. The third-order valence-electron chi connectivity index (χ3n) is 7.61. The molecule has 212 valence electrons. The van der Waals surface area contributed by atoms with Crippen LogP contribution >= 0.6 is 0 Å². The van der Waals surface area contributed by atoms with Crippen LogP contribution in [0.3, 0.4) is 0 Å². The van der Waals surface area contributed by atoms with Crippen LogP contribution in [0.25, 0.3) is 33.7 Å². The Morgan fingerprint density at radius 2 is 1.98 bits per heavy atom. The largest absolute Gasteiger partial charge is 0.420 e. The average molecular weight is 557 g/mol. The Bertz CT molecular complexity index is 1510. The van der Waals surface area contributed by atoms with Gasteiger partial charge in [0.05, 0.1) is 17.0 Å². The van der Waals surface area contributed by atoms with Crippen LogP contribution in [0.5, 0.6) is 0 Å². The molecule has 2 atom stereocenters. The zero-order valence-electron chi connectivity index (χ0n) is 22.5. The number of hydrogen-bond acceptors (Lipinski definition) is 9. The second-order valence-corrected chi connectivity index (χ2v) is 11.1. The van der Waals surface area contributed by atoms with Crippen LogP contribution in [0.1, 0.15) is 63.4 Å². The van der Waals surface area contributed by atoms with Crippen LogP contribution in [-0.2, 0) is 10.9 Å². The smallest absolute Gasteiger partial charge is 0.364 e. The number of rotatable bonds is 5. The molecule has 2 aliphatic heterocycles. The van der Waals surface area contributed by atoms with Crippen LogP contribution < -0.4 is 10.6 Å². The molecule has 13 heteroatoms. The van der Waals surface area contributed by atoms with Gasteiger partial charge in [-0.2, -0.15) is 18.3 Å². The van der Waals surface area contributed by atoms with Crippen molar-refractivity contribution < 1.29 is 22.4 Å². The summed E-state index contributed by atoms with van der Waals surface area (Å²) >= 11 is 0. The van der Waals surface area contributed by atoms with Gasteiger partial charge < -0.3 is 19.9 Å². The lowest BCUT2D eigenvalue weighted by molar-refractivity contribution is -0.137. The summed E-state index contributed by atoms with van der Waals surface area (Å²) in [6.07, 6.45) is 1.42. The Labute approximate surface area is 228 Å². The monoisotopic (exact) mass is 556 g/mol. The number of fused-ring (bicyclic) bond motifs is 1. The van der Waals surface area contributed by atoms with Gasteiger partial charge in [0.15, 0.2) is 11.9 Å². The fourth-order valence-corrected chi connectivity index (χ4v) is 5.27. The maximum absolute atomic E-state index is 14.3. The first-order valence-electron chi connectivity index (χ1n) is 13.5. The van der Waals surface area contributed by atoms with Crippen molar-refractivity contribution in [1.82, 2.24) is 35.2 Å². The highest BCUT2D eigenvalue weighted by atomic mass is 19.4. The third-order valence-corrected chi connectivity index (χ3v) is 7.61. The van der Waals surface area contributed by atoms with E-state index < -0.39 is 18.0 Å². The van der Waals surface area contributed by atoms with Crippen molar-refractivity contribution in [2.24, 2.45) is 0 Å². The number of pyridine rings is 1. The first-order chi connectivity index (χ1) is 19.1. The number of nitrogens with zero attached hydrogens (tertiary/aromatic N) is 6. The van der Waals surface area contributed by atoms with Crippen LogP contribution in [0.4, 0.5) is 19.1 Å². The molecule has 0 aromatic carbocycles. The van der Waals surface area contributed by atoms with E-state index in [4.69, 9.17) is 14.2 Å². The van der Waals surface area contributed by atoms with Crippen molar-refractivity contribution in [3.63, 3.8) is 0 Å². The number of ether oxygens (including phenoxy) is 1. The Balaban J connectivity index is 1.47. The lowest BCUT2D eigenvalue weighted by Crippen LogP contribution is -2.50. The minimum Gasteiger partial charge on any atom is -0.364 e. The zero-order chi connectivity index (χ0) is 28.1. The fraction of sp³-hybridized carbons (Fsp3) is 0.519. The first-order valence-corrected chi connectivity index (χ1v) is 13.5. The summed E-state index contributed by atoms with van der Waals surface area (Å²) in [6, 6.07) is 3.43. The minimum atomic E-state index is -4.69. The van der Waals surface area contributed by atoms with Crippen molar-refractivity contribution in [2.75, 3.05) is 18.5 Å². The molecule has 2 N–H and O–H groups in total. The van der Waals surface area contributed by atoms with E-state index in [1.54, 1.807) is 23.7 Å². The maximum Gasteiger partial charge on any atom is 0.420 e. The predicted molar refractivity (Wildman–Crippen MR) is 141 cm³/mol. The van der Waals surface area contributed by atoms with E-state index in [0.717, 1.165) is 31.9 Å². The molecule has 2 fully saturated rings. The van der Waals surface area contributed by atoms with Crippen molar-refractivity contribution in [3.05, 3.63) is 35.9 Å². The molecule has 6 heterocycles. The lowest BCUT2D eigenvalue weighted by atomic mass is 9.91. The normalized spacial score (nSPS) is 21.6. The van der Waals surface area contributed by atoms with Crippen LogP contribution in [0.2, 0.25) is 0 Å². The number of aryl methyl sites for hydroxylation is 1. The van der Waals surface area contributed by atoms with Gasteiger partial charge in [-0.1, -0.05) is 5.16 Å². The predicted octanol–water partition coefficient (Wildman–Crippen LogP) is 5.51. The number of piperidine rings is 1. The van der Waals surface area contributed by atoms with E-state index in [-0.39, 0.29) is 28.9 Å². The topological polar surface area (TPSA) is 116 Å². The van der Waals surface area contributed by atoms with Gasteiger partial charge in [0.25, 0.3) is 0 Å². The molecule has 2 aliphatic rings. The number of alkyl halides is 3. The van der Waals surface area contributed by atoms with Gasteiger partial charge in [-0.05, 0) is 65.0 Å². The quantitative estimate of drug-likeness (QED) is 0.328. The van der Waals surface area contributed by atoms with E-state index >= 15 is 0 Å². The molecule has 0 bridgehead atoms. The molecule has 4 aromatic heterocycles. The van der Waals surface area contributed by atoms with Crippen LogP contribution in [-0.4, -0.2) is 54.6 Å². The summed E-state index contributed by atoms with van der Waals surface area (Å²) in [5, 5.41) is 15.7. The number of hydrogen-bond donors (Lipinski definition) is 2. The Morgan fingerprint density at radius 3 is 2.65 bits per heavy atom. The molecule has 0 aliphatic carbocycles. The molecule has 40 heavy (non-hydrogen) atoms. The Hall–Kier alpha value is -3.58. The van der Waals surface area contributed by atoms with Crippen molar-refractivity contribution in [3.8, 4) is 22.6 Å². The summed E-state index contributed by atoms with van der Waals surface area (Å²) in [4.78, 5) is 13.2. The lowest BCUT2D eigenvalue weighted by Gasteiger charge is -2.36. The highest BCUT2D eigenvalue weighted by molar-refractivity contribution is 5.92. The van der Waals surface area contributed by atoms with E-state index in [2.05, 4.69) is 44.7 Å². The van der Waals surface area contributed by atoms with Crippen molar-refractivity contribution in [2.45, 2.75) is 76.9 Å². The van der Waals surface area contributed by atoms with Gasteiger partial charge in [-0.3, -0.25) is 0 Å². The fourth-order valence-electron chi connectivity index (χ4n) is 5.27. The summed E-state index contributed by atoms with van der Waals surface area (Å²) in [6.45, 7) is 7.23. The van der Waals surface area contributed by atoms with E-state index in [9.17, 15) is 13.2 Å². The standard InChI is InChI=1S/C27H31F3N8O2/c1-15-18(14-40-37-15)20-8-7-17-22(36-38(24(17)34-20)21-6-4-5-11-39-21)23-19(27(28,29)30)13-31-25(35-23)33-16-9-10-26(2,3)32-12-16/h7-8,13-14,16,21,32H,4-6,9-12H2,1-3H3,(H,31,33,35)/t16-,21?/m0/s1. The number of anilines is 1. The van der Waals surface area contributed by atoms with Gasteiger partial charge in [0, 0.05) is 36.3 Å². The number of aromatic nitrogens is 6. The number of nitrogens with one attached hydrogen (secondary N) is 2. The summed E-state index contributed by atoms with van der Waals surface area (Å²) in [7, 11) is 0. The van der Waals surface area contributed by atoms with Gasteiger partial charge in [0.2, 0.25) is 5.95 Å². The SMILES string of the molecule is Cc1nocc1-c1ccc2c(-c3nc(N[C@H]4CCC(C)(C)NC4)ncc3C(F)(F)F)nn(C3CCCCO3)c2n1. The molecular formula is C27H31F3N8O2. The van der Waals surface area contributed by atoms with Gasteiger partial charge in [-0.25, -0.2) is 19.6 Å². The van der Waals surface area contributed by atoms with E-state index in [1.165, 1.54) is 6.26 Å². The molecule has 4 aromatic rings. The molecule has 10 nitrogen and oxygen atoms in total. The maximum atomic E-state index is 14.3. The summed E-state index contributed by atoms with van der Waals surface area (Å²) in [5.74, 6) is 0.121. The summed E-state index contributed by atoms with van der Waals surface area (Å²) < 4.78 is 55.4. The molecule has 0 saturated carbocycles. The Morgan fingerprint density at radius 1 is 1.12 bits per heavy atom. The van der Waals surface area contributed by atoms with Crippen molar-refractivity contribution in [1.29, 1.82) is 0 Å². The molecular weight excluding hydrogens is 525 g/mol. The van der Waals surface area contributed by atoms with Crippen LogP contribution in [0.15, 0.2) is 29.1 Å². The second-order valence-electron chi connectivity index (χ2n) is 11.1. The van der Waals surface area contributed by atoms with Crippen molar-refractivity contribution >= 4 is 17.0 Å². The van der Waals surface area contributed by atoms with E-state index in [0.29, 0.717) is 47.6 Å². The molecule has 1 unspecified atom stereocenters. The molecule has 6 rings (SSSR count). The molecule has 0 spiro atoms. The van der Waals surface area contributed by atoms with Crippen LogP contribution in [0, 0.1) is 6.92 Å². The molecule has 2 saturated heterocycles. The third kappa shape index (κ3) is 5.15. The van der Waals surface area contributed by atoms with Gasteiger partial charge in [0.1, 0.15) is 23.2 Å². The second kappa shape index (κ2) is 10.1. The van der Waals surface area contributed by atoms with E-state index in [1.807, 2.05) is 0 Å². The van der Waals surface area contributed by atoms with Gasteiger partial charge in [-0.15, -0.1) is 0 Å². The summed E-state index contributed by atoms with van der Waals surface area (Å²) in [5.41, 5.74) is 1.14.